The number of piperazine rings is 1. The monoisotopic (exact) mass is 306 g/mol. The molecular weight excluding hydrogens is 289 g/mol. The van der Waals surface area contributed by atoms with Gasteiger partial charge in [0.1, 0.15) is 11.9 Å². The zero-order chi connectivity index (χ0) is 15.9. The SMILES string of the molecule is CN1CCN(c2cc3nc(N(C)C(=O)[O-])[nH]c3cc2F)CC1. The van der Waals surface area contributed by atoms with E-state index in [1.165, 1.54) is 13.1 Å². The molecule has 118 valence electrons. The van der Waals surface area contributed by atoms with Gasteiger partial charge in [-0.3, -0.25) is 0 Å². The number of aromatic nitrogens is 2. The Hall–Kier alpha value is -2.35. The van der Waals surface area contributed by atoms with Crippen LogP contribution < -0.4 is 14.9 Å². The van der Waals surface area contributed by atoms with Gasteiger partial charge in [0.15, 0.2) is 0 Å². The summed E-state index contributed by atoms with van der Waals surface area (Å²) in [6.07, 6.45) is -1.38. The Morgan fingerprint density at radius 2 is 2.05 bits per heavy atom. The maximum Gasteiger partial charge on any atom is 0.209 e. The maximum absolute atomic E-state index is 14.3. The van der Waals surface area contributed by atoms with E-state index in [4.69, 9.17) is 0 Å². The van der Waals surface area contributed by atoms with Crippen LogP contribution in [0.5, 0.6) is 0 Å². The minimum atomic E-state index is -1.38. The van der Waals surface area contributed by atoms with Gasteiger partial charge in [0.2, 0.25) is 5.95 Å². The average molecular weight is 306 g/mol. The number of benzene rings is 1. The normalized spacial score (nSPS) is 16.2. The van der Waals surface area contributed by atoms with Crippen LogP contribution in [0.3, 0.4) is 0 Å². The third-order valence-electron chi connectivity index (χ3n) is 3.97. The quantitative estimate of drug-likeness (QED) is 0.859. The van der Waals surface area contributed by atoms with Crippen molar-refractivity contribution in [1.29, 1.82) is 0 Å². The summed E-state index contributed by atoms with van der Waals surface area (Å²) < 4.78 is 14.3. The molecule has 1 aliphatic rings. The van der Waals surface area contributed by atoms with Crippen LogP contribution in [0.2, 0.25) is 0 Å². The number of hydrogen-bond acceptors (Lipinski definition) is 5. The lowest BCUT2D eigenvalue weighted by Gasteiger charge is -2.34. The molecule has 8 heteroatoms. The van der Waals surface area contributed by atoms with Crippen molar-refractivity contribution < 1.29 is 14.3 Å². The number of halogens is 1. The number of hydrogen-bond donors (Lipinski definition) is 1. The van der Waals surface area contributed by atoms with Crippen molar-refractivity contribution in [3.8, 4) is 0 Å². The van der Waals surface area contributed by atoms with Crippen LogP contribution in [0, 0.1) is 5.82 Å². The third kappa shape index (κ3) is 2.57. The van der Waals surface area contributed by atoms with E-state index in [2.05, 4.69) is 14.9 Å². The summed E-state index contributed by atoms with van der Waals surface area (Å²) in [5.41, 5.74) is 1.48. The predicted molar refractivity (Wildman–Crippen MR) is 79.6 cm³/mol. The number of carbonyl (C=O) groups excluding carboxylic acids is 1. The zero-order valence-electron chi connectivity index (χ0n) is 12.5. The van der Waals surface area contributed by atoms with Gasteiger partial charge in [0.25, 0.3) is 0 Å². The first-order valence-corrected chi connectivity index (χ1v) is 7.03. The van der Waals surface area contributed by atoms with E-state index in [1.807, 2.05) is 11.9 Å². The highest BCUT2D eigenvalue weighted by molar-refractivity contribution is 5.87. The molecule has 22 heavy (non-hydrogen) atoms. The number of likely N-dealkylation sites (N-methyl/N-ethyl adjacent to an activating group) is 1. The van der Waals surface area contributed by atoms with Gasteiger partial charge < -0.3 is 29.6 Å². The molecule has 2 aromatic rings. The van der Waals surface area contributed by atoms with Crippen molar-refractivity contribution >= 4 is 28.8 Å². The molecule has 0 aliphatic carbocycles. The standard InChI is InChI=1S/C14H18FN5O2/c1-18-3-5-20(6-4-18)12-8-11-10(7-9(12)15)16-13(17-11)19(2)14(21)22/h7-8H,3-6H2,1-2H3,(H,16,17)(H,21,22)/p-1. The van der Waals surface area contributed by atoms with Crippen LogP contribution in [-0.4, -0.2) is 61.2 Å². The Kier molecular flexibility index (Phi) is 3.61. The number of carbonyl (C=O) groups is 1. The first kappa shape index (κ1) is 14.6. The van der Waals surface area contributed by atoms with E-state index in [9.17, 15) is 14.3 Å². The summed E-state index contributed by atoms with van der Waals surface area (Å²) in [7, 11) is 3.36. The minimum absolute atomic E-state index is 0.116. The molecule has 0 bridgehead atoms. The molecule has 2 heterocycles. The molecule has 1 aromatic heterocycles. The zero-order valence-corrected chi connectivity index (χ0v) is 12.5. The molecule has 1 amide bonds. The van der Waals surface area contributed by atoms with Gasteiger partial charge in [-0.05, 0) is 13.1 Å². The molecule has 0 atom stereocenters. The molecule has 1 fully saturated rings. The average Bonchev–Trinajstić information content (AvgIpc) is 2.89. The van der Waals surface area contributed by atoms with Gasteiger partial charge >= 0.3 is 0 Å². The van der Waals surface area contributed by atoms with Gasteiger partial charge in [0.05, 0.1) is 16.7 Å². The van der Waals surface area contributed by atoms with Gasteiger partial charge in [0, 0.05) is 39.3 Å². The van der Waals surface area contributed by atoms with Crippen LogP contribution in [0.15, 0.2) is 12.1 Å². The van der Waals surface area contributed by atoms with Gasteiger partial charge in [-0.25, -0.2) is 9.37 Å². The number of amides is 1. The first-order valence-electron chi connectivity index (χ1n) is 7.03. The molecular formula is C14H17FN5O2-. The van der Waals surface area contributed by atoms with Gasteiger partial charge in [-0.1, -0.05) is 0 Å². The number of H-pyrrole nitrogens is 1. The van der Waals surface area contributed by atoms with Crippen molar-refractivity contribution in [3.05, 3.63) is 17.9 Å². The molecule has 0 unspecified atom stereocenters. The third-order valence-corrected chi connectivity index (χ3v) is 3.97. The maximum atomic E-state index is 14.3. The molecule has 0 spiro atoms. The fourth-order valence-electron chi connectivity index (χ4n) is 2.54. The second-order valence-corrected chi connectivity index (χ2v) is 5.50. The summed E-state index contributed by atoms with van der Waals surface area (Å²) >= 11 is 0. The van der Waals surface area contributed by atoms with Crippen molar-refractivity contribution in [2.75, 3.05) is 50.1 Å². The van der Waals surface area contributed by atoms with Crippen LogP contribution >= 0.6 is 0 Å². The first-order chi connectivity index (χ1) is 10.5. The lowest BCUT2D eigenvalue weighted by molar-refractivity contribution is -0.246. The highest BCUT2D eigenvalue weighted by Gasteiger charge is 2.19. The highest BCUT2D eigenvalue weighted by Crippen LogP contribution is 2.27. The molecule has 7 nitrogen and oxygen atoms in total. The van der Waals surface area contributed by atoms with Gasteiger partial charge in [-0.15, -0.1) is 0 Å². The van der Waals surface area contributed by atoms with E-state index in [0.29, 0.717) is 16.7 Å². The van der Waals surface area contributed by atoms with Crippen molar-refractivity contribution in [3.63, 3.8) is 0 Å². The van der Waals surface area contributed by atoms with Crippen LogP contribution in [0.1, 0.15) is 0 Å². The minimum Gasteiger partial charge on any atom is -0.530 e. The Labute approximate surface area is 126 Å². The lowest BCUT2D eigenvalue weighted by Crippen LogP contribution is -2.44. The molecule has 1 N–H and O–H groups in total. The Morgan fingerprint density at radius 1 is 1.36 bits per heavy atom. The van der Waals surface area contributed by atoms with Crippen LogP contribution in [0.4, 0.5) is 20.8 Å². The summed E-state index contributed by atoms with van der Waals surface area (Å²) in [5, 5.41) is 10.9. The number of anilines is 2. The summed E-state index contributed by atoms with van der Waals surface area (Å²) in [6, 6.07) is 3.00. The molecule has 1 saturated heterocycles. The topological polar surface area (TPSA) is 78.5 Å². The fourth-order valence-corrected chi connectivity index (χ4v) is 2.54. The van der Waals surface area contributed by atoms with Crippen LogP contribution in [0.25, 0.3) is 11.0 Å². The Balaban J connectivity index is 1.95. The molecule has 1 aliphatic heterocycles. The number of nitrogens with one attached hydrogen (secondary N) is 1. The smallest absolute Gasteiger partial charge is 0.209 e. The van der Waals surface area contributed by atoms with Crippen LogP contribution in [-0.2, 0) is 0 Å². The highest BCUT2D eigenvalue weighted by atomic mass is 19.1. The lowest BCUT2D eigenvalue weighted by atomic mass is 10.2. The van der Waals surface area contributed by atoms with Crippen molar-refractivity contribution in [2.24, 2.45) is 0 Å². The van der Waals surface area contributed by atoms with Crippen molar-refractivity contribution in [1.82, 2.24) is 14.9 Å². The predicted octanol–water partition coefficient (Wildman–Crippen LogP) is 0.233. The summed E-state index contributed by atoms with van der Waals surface area (Å²) in [5.74, 6) is -0.228. The molecule has 1 aromatic carbocycles. The molecule has 3 rings (SSSR count). The second-order valence-electron chi connectivity index (χ2n) is 5.50. The summed E-state index contributed by atoms with van der Waals surface area (Å²) in [6.45, 7) is 3.23. The van der Waals surface area contributed by atoms with E-state index in [1.54, 1.807) is 6.07 Å². The second kappa shape index (κ2) is 5.45. The van der Waals surface area contributed by atoms with E-state index < -0.39 is 6.09 Å². The number of rotatable bonds is 2. The number of aromatic amines is 1. The largest absolute Gasteiger partial charge is 0.530 e. The number of carboxylic acid groups (broad SMARTS) is 1. The van der Waals surface area contributed by atoms with E-state index >= 15 is 0 Å². The number of fused-ring (bicyclic) bond motifs is 1. The van der Waals surface area contributed by atoms with E-state index in [-0.39, 0.29) is 11.8 Å². The summed E-state index contributed by atoms with van der Waals surface area (Å²) in [4.78, 5) is 22.9. The molecule has 0 radical (unpaired) electrons. The Bertz CT molecular complexity index is 709. The van der Waals surface area contributed by atoms with E-state index in [0.717, 1.165) is 31.1 Å². The fraction of sp³-hybridized carbons (Fsp3) is 0.429. The molecule has 0 saturated carbocycles. The Morgan fingerprint density at radius 3 is 2.68 bits per heavy atom. The number of imidazole rings is 1. The van der Waals surface area contributed by atoms with Crippen molar-refractivity contribution in [2.45, 2.75) is 0 Å². The van der Waals surface area contributed by atoms with Gasteiger partial charge in [-0.2, -0.15) is 0 Å². The number of nitrogens with zero attached hydrogens (tertiary/aromatic N) is 4.